The molecule has 2 aromatic carbocycles. The highest BCUT2D eigenvalue weighted by molar-refractivity contribution is 5.94. The van der Waals surface area contributed by atoms with Crippen molar-refractivity contribution in [2.24, 2.45) is 0 Å². The second kappa shape index (κ2) is 7.52. The normalized spacial score (nSPS) is 11.5. The van der Waals surface area contributed by atoms with E-state index in [9.17, 15) is 24.1 Å². The van der Waals surface area contributed by atoms with Gasteiger partial charge in [0.15, 0.2) is 12.4 Å². The fourth-order valence-electron chi connectivity index (χ4n) is 2.01. The molecule has 130 valence electrons. The van der Waals surface area contributed by atoms with Crippen molar-refractivity contribution in [3.63, 3.8) is 0 Å². The van der Waals surface area contributed by atoms with Crippen LogP contribution in [0.2, 0.25) is 0 Å². The minimum Gasteiger partial charge on any atom is -0.480 e. The van der Waals surface area contributed by atoms with Crippen LogP contribution in [0.4, 0.5) is 15.8 Å². The van der Waals surface area contributed by atoms with Crippen molar-refractivity contribution in [2.75, 3.05) is 5.32 Å². The van der Waals surface area contributed by atoms with Gasteiger partial charge in [-0.25, -0.2) is 4.39 Å². The molecule has 0 fully saturated rings. The number of hydrogen-bond acceptors (Lipinski definition) is 5. The molecule has 8 heteroatoms. The number of benzene rings is 2. The molecule has 0 unspecified atom stereocenters. The lowest BCUT2D eigenvalue weighted by molar-refractivity contribution is -0.384. The molecule has 0 saturated heterocycles. The van der Waals surface area contributed by atoms with Gasteiger partial charge in [-0.05, 0) is 37.6 Å². The predicted molar refractivity (Wildman–Crippen MR) is 88.3 cm³/mol. The minimum atomic E-state index is -1.01. The summed E-state index contributed by atoms with van der Waals surface area (Å²) in [4.78, 5) is 33.3. The second-order valence-electron chi connectivity index (χ2n) is 5.31. The van der Waals surface area contributed by atoms with Crippen molar-refractivity contribution in [2.45, 2.75) is 20.0 Å². The highest BCUT2D eigenvalue weighted by Gasteiger charge is 2.18. The van der Waals surface area contributed by atoms with Crippen molar-refractivity contribution >= 4 is 23.6 Å². The van der Waals surface area contributed by atoms with Crippen LogP contribution in [0.1, 0.15) is 22.8 Å². The average Bonchev–Trinajstić information content (AvgIpc) is 2.58. The number of anilines is 1. The number of aldehydes is 1. The van der Waals surface area contributed by atoms with E-state index in [1.807, 2.05) is 0 Å². The molecule has 0 aliphatic rings. The van der Waals surface area contributed by atoms with Gasteiger partial charge in [-0.3, -0.25) is 19.7 Å². The Bertz CT molecular complexity index is 838. The van der Waals surface area contributed by atoms with Gasteiger partial charge in [-0.1, -0.05) is 6.07 Å². The van der Waals surface area contributed by atoms with Gasteiger partial charge in [0.25, 0.3) is 11.6 Å². The van der Waals surface area contributed by atoms with Crippen LogP contribution in [0.25, 0.3) is 0 Å². The molecule has 0 spiro atoms. The lowest BCUT2D eigenvalue weighted by Gasteiger charge is -2.16. The number of carbonyl (C=O) groups is 2. The molecule has 0 heterocycles. The molecule has 1 amide bonds. The van der Waals surface area contributed by atoms with Gasteiger partial charge in [-0.2, -0.15) is 0 Å². The maximum atomic E-state index is 13.5. The van der Waals surface area contributed by atoms with Crippen LogP contribution in [-0.4, -0.2) is 23.2 Å². The SMILES string of the molecule is Cc1ccc(NC(=O)[C@@H](C)Oc2ccc([N+](=O)[O-])cc2C=O)cc1F. The summed E-state index contributed by atoms with van der Waals surface area (Å²) in [5.41, 5.74) is 0.406. The van der Waals surface area contributed by atoms with Crippen molar-refractivity contribution in [1.29, 1.82) is 0 Å². The maximum Gasteiger partial charge on any atom is 0.270 e. The molecule has 7 nitrogen and oxygen atoms in total. The number of rotatable bonds is 6. The lowest BCUT2D eigenvalue weighted by Crippen LogP contribution is -2.30. The number of nitrogens with one attached hydrogen (secondary N) is 1. The summed E-state index contributed by atoms with van der Waals surface area (Å²) in [5.74, 6) is -0.971. The van der Waals surface area contributed by atoms with Gasteiger partial charge in [0.05, 0.1) is 10.5 Å². The number of nitro groups is 1. The van der Waals surface area contributed by atoms with E-state index in [2.05, 4.69) is 5.32 Å². The Hall–Kier alpha value is -3.29. The van der Waals surface area contributed by atoms with Gasteiger partial charge in [0, 0.05) is 17.8 Å². The Morgan fingerprint density at radius 1 is 1.32 bits per heavy atom. The largest absolute Gasteiger partial charge is 0.480 e. The van der Waals surface area contributed by atoms with Gasteiger partial charge in [0.2, 0.25) is 0 Å². The Morgan fingerprint density at radius 2 is 2.04 bits per heavy atom. The van der Waals surface area contributed by atoms with Crippen molar-refractivity contribution < 1.29 is 23.6 Å². The zero-order chi connectivity index (χ0) is 18.6. The Labute approximate surface area is 142 Å². The number of hydrogen-bond donors (Lipinski definition) is 1. The first-order valence-corrected chi connectivity index (χ1v) is 7.29. The second-order valence-corrected chi connectivity index (χ2v) is 5.31. The molecule has 1 N–H and O–H groups in total. The number of aryl methyl sites for hydroxylation is 1. The quantitative estimate of drug-likeness (QED) is 0.492. The summed E-state index contributed by atoms with van der Waals surface area (Å²) in [5, 5.41) is 13.2. The zero-order valence-electron chi connectivity index (χ0n) is 13.5. The molecule has 0 aliphatic carbocycles. The Kier molecular flexibility index (Phi) is 5.43. The van der Waals surface area contributed by atoms with Crippen LogP contribution in [0.15, 0.2) is 36.4 Å². The molecule has 2 aromatic rings. The Morgan fingerprint density at radius 3 is 2.64 bits per heavy atom. The van der Waals surface area contributed by atoms with E-state index in [1.165, 1.54) is 31.2 Å². The maximum absolute atomic E-state index is 13.5. The molecular weight excluding hydrogens is 331 g/mol. The number of amides is 1. The molecule has 1 atom stereocenters. The first-order chi connectivity index (χ1) is 11.8. The predicted octanol–water partition coefficient (Wildman–Crippen LogP) is 3.26. The molecular formula is C17H15FN2O5. The summed E-state index contributed by atoms with van der Waals surface area (Å²) >= 11 is 0. The Balaban J connectivity index is 2.11. The lowest BCUT2D eigenvalue weighted by atomic mass is 10.2. The van der Waals surface area contributed by atoms with E-state index < -0.39 is 22.8 Å². The number of halogens is 1. The standard InChI is InChI=1S/C17H15FN2O5/c1-10-3-4-13(8-15(10)18)19-17(22)11(2)25-16-6-5-14(20(23)24)7-12(16)9-21/h3-9,11H,1-2H3,(H,19,22)/t11-/m1/s1. The van der Waals surface area contributed by atoms with Gasteiger partial charge >= 0.3 is 0 Å². The van der Waals surface area contributed by atoms with Crippen molar-refractivity contribution in [3.05, 3.63) is 63.5 Å². The average molecular weight is 346 g/mol. The zero-order valence-corrected chi connectivity index (χ0v) is 13.5. The van der Waals surface area contributed by atoms with Crippen LogP contribution >= 0.6 is 0 Å². The molecule has 2 rings (SSSR count). The van der Waals surface area contributed by atoms with Crippen LogP contribution in [0, 0.1) is 22.9 Å². The van der Waals surface area contributed by atoms with Gasteiger partial charge in [-0.15, -0.1) is 0 Å². The van der Waals surface area contributed by atoms with Crippen molar-refractivity contribution in [3.8, 4) is 5.75 Å². The number of carbonyl (C=O) groups excluding carboxylic acids is 2. The molecule has 0 aliphatic heterocycles. The van der Waals surface area contributed by atoms with E-state index in [0.717, 1.165) is 6.07 Å². The number of non-ortho nitro benzene ring substituents is 1. The van der Waals surface area contributed by atoms with E-state index in [-0.39, 0.29) is 22.7 Å². The molecule has 0 bridgehead atoms. The molecule has 25 heavy (non-hydrogen) atoms. The number of nitrogens with zero attached hydrogens (tertiary/aromatic N) is 1. The third-order valence-corrected chi connectivity index (χ3v) is 3.44. The van der Waals surface area contributed by atoms with Crippen molar-refractivity contribution in [1.82, 2.24) is 0 Å². The monoisotopic (exact) mass is 346 g/mol. The van der Waals surface area contributed by atoms with E-state index in [0.29, 0.717) is 11.8 Å². The van der Waals surface area contributed by atoms with Crippen LogP contribution < -0.4 is 10.1 Å². The van der Waals surface area contributed by atoms with Crippen LogP contribution in [-0.2, 0) is 4.79 Å². The molecule has 0 radical (unpaired) electrons. The van der Waals surface area contributed by atoms with Crippen LogP contribution in [0.3, 0.4) is 0 Å². The first kappa shape index (κ1) is 18.1. The minimum absolute atomic E-state index is 0.0401. The summed E-state index contributed by atoms with van der Waals surface area (Å²) in [6, 6.07) is 7.73. The smallest absolute Gasteiger partial charge is 0.270 e. The third kappa shape index (κ3) is 4.37. The van der Waals surface area contributed by atoms with E-state index >= 15 is 0 Å². The summed E-state index contributed by atoms with van der Waals surface area (Å²) in [7, 11) is 0. The number of ether oxygens (including phenoxy) is 1. The van der Waals surface area contributed by atoms with Crippen LogP contribution in [0.5, 0.6) is 5.75 Å². The molecule has 0 saturated carbocycles. The van der Waals surface area contributed by atoms with E-state index in [4.69, 9.17) is 4.74 Å². The fourth-order valence-corrected chi connectivity index (χ4v) is 2.01. The first-order valence-electron chi connectivity index (χ1n) is 7.29. The fraction of sp³-hybridized carbons (Fsp3) is 0.176. The summed E-state index contributed by atoms with van der Waals surface area (Å²) < 4.78 is 18.9. The summed E-state index contributed by atoms with van der Waals surface area (Å²) in [6.45, 7) is 3.04. The van der Waals surface area contributed by atoms with Gasteiger partial charge in [0.1, 0.15) is 11.6 Å². The topological polar surface area (TPSA) is 98.5 Å². The highest BCUT2D eigenvalue weighted by atomic mass is 19.1. The van der Waals surface area contributed by atoms with E-state index in [1.54, 1.807) is 13.0 Å². The van der Waals surface area contributed by atoms with Gasteiger partial charge < -0.3 is 10.1 Å². The third-order valence-electron chi connectivity index (χ3n) is 3.44. The number of nitro benzene ring substituents is 1. The summed E-state index contributed by atoms with van der Waals surface area (Å²) in [6.07, 6.45) is -0.605. The highest BCUT2D eigenvalue weighted by Crippen LogP contribution is 2.24. The molecule has 0 aromatic heterocycles.